The zero-order chi connectivity index (χ0) is 24.4. The molecule has 1 aromatic heterocycles. The second kappa shape index (κ2) is 11.4. The van der Waals surface area contributed by atoms with E-state index in [4.69, 9.17) is 0 Å². The Balaban J connectivity index is 0.00000342. The van der Waals surface area contributed by atoms with E-state index in [1.807, 2.05) is 49.8 Å². The van der Waals surface area contributed by atoms with Crippen LogP contribution in [0.3, 0.4) is 0 Å². The van der Waals surface area contributed by atoms with Crippen molar-refractivity contribution in [3.63, 3.8) is 0 Å². The SMILES string of the molecule is CC(=O)N1c2ccc(-c3cnn(CCN4CCCCC4)c3)cc2C(N(C(=O)O)C(C)C)CC1C.Cl. The summed E-state index contributed by atoms with van der Waals surface area (Å²) in [6.45, 7) is 11.5. The topological polar surface area (TPSA) is 81.9 Å². The number of piperidine rings is 1. The van der Waals surface area contributed by atoms with Gasteiger partial charge in [0.1, 0.15) is 0 Å². The van der Waals surface area contributed by atoms with E-state index >= 15 is 0 Å². The Kier molecular flexibility index (Phi) is 8.83. The number of amides is 2. The molecule has 2 aliphatic rings. The van der Waals surface area contributed by atoms with Gasteiger partial charge in [-0.3, -0.25) is 14.4 Å². The molecule has 0 saturated carbocycles. The third-order valence-corrected chi connectivity index (χ3v) is 7.16. The Morgan fingerprint density at radius 3 is 2.49 bits per heavy atom. The number of anilines is 1. The molecule has 35 heavy (non-hydrogen) atoms. The molecule has 2 aromatic rings. The van der Waals surface area contributed by atoms with E-state index in [2.05, 4.69) is 16.2 Å². The third kappa shape index (κ3) is 5.81. The van der Waals surface area contributed by atoms with E-state index < -0.39 is 6.09 Å². The van der Waals surface area contributed by atoms with Crippen molar-refractivity contribution < 1.29 is 14.7 Å². The maximum atomic E-state index is 12.5. The summed E-state index contributed by atoms with van der Waals surface area (Å²) in [6, 6.07) is 5.45. The van der Waals surface area contributed by atoms with E-state index in [9.17, 15) is 14.7 Å². The number of hydrogen-bond acceptors (Lipinski definition) is 4. The molecule has 1 fully saturated rings. The fourth-order valence-corrected chi connectivity index (χ4v) is 5.53. The first kappa shape index (κ1) is 27.0. The van der Waals surface area contributed by atoms with E-state index in [0.717, 1.165) is 35.5 Å². The Morgan fingerprint density at radius 2 is 1.86 bits per heavy atom. The van der Waals surface area contributed by atoms with Gasteiger partial charge in [-0.25, -0.2) is 4.79 Å². The molecule has 8 nitrogen and oxygen atoms in total. The van der Waals surface area contributed by atoms with Crippen molar-refractivity contribution in [2.24, 2.45) is 0 Å². The first-order chi connectivity index (χ1) is 16.3. The largest absolute Gasteiger partial charge is 0.465 e. The lowest BCUT2D eigenvalue weighted by Gasteiger charge is -2.43. The van der Waals surface area contributed by atoms with Gasteiger partial charge in [-0.2, -0.15) is 5.10 Å². The van der Waals surface area contributed by atoms with E-state index in [0.29, 0.717) is 6.42 Å². The van der Waals surface area contributed by atoms with Gasteiger partial charge in [-0.15, -0.1) is 12.4 Å². The Labute approximate surface area is 214 Å². The molecule has 0 spiro atoms. The van der Waals surface area contributed by atoms with Gasteiger partial charge >= 0.3 is 6.09 Å². The summed E-state index contributed by atoms with van der Waals surface area (Å²) in [5.74, 6) is -0.0306. The minimum Gasteiger partial charge on any atom is -0.465 e. The third-order valence-electron chi connectivity index (χ3n) is 7.16. The van der Waals surface area contributed by atoms with Crippen LogP contribution < -0.4 is 4.90 Å². The van der Waals surface area contributed by atoms with Crippen LogP contribution in [0.2, 0.25) is 0 Å². The van der Waals surface area contributed by atoms with Gasteiger partial charge in [0.15, 0.2) is 0 Å². The van der Waals surface area contributed by atoms with Crippen LogP contribution in [-0.2, 0) is 11.3 Å². The monoisotopic (exact) mass is 503 g/mol. The van der Waals surface area contributed by atoms with Gasteiger partial charge in [-0.05, 0) is 76.4 Å². The zero-order valence-corrected chi connectivity index (χ0v) is 22.0. The second-order valence-corrected chi connectivity index (χ2v) is 9.94. The molecule has 1 aromatic carbocycles. The van der Waals surface area contributed by atoms with Crippen LogP contribution in [0.25, 0.3) is 11.1 Å². The highest BCUT2D eigenvalue weighted by Gasteiger charge is 2.38. The van der Waals surface area contributed by atoms with Gasteiger partial charge < -0.3 is 14.9 Å². The summed E-state index contributed by atoms with van der Waals surface area (Å²) in [4.78, 5) is 30.4. The summed E-state index contributed by atoms with van der Waals surface area (Å²) in [5, 5.41) is 14.5. The Morgan fingerprint density at radius 1 is 1.14 bits per heavy atom. The number of carboxylic acid groups (broad SMARTS) is 1. The number of hydrogen-bond donors (Lipinski definition) is 1. The van der Waals surface area contributed by atoms with Crippen LogP contribution in [0.5, 0.6) is 0 Å². The first-order valence-electron chi connectivity index (χ1n) is 12.5. The molecule has 192 valence electrons. The highest BCUT2D eigenvalue weighted by molar-refractivity contribution is 5.94. The number of benzene rings is 1. The van der Waals surface area contributed by atoms with Gasteiger partial charge in [0, 0.05) is 43.0 Å². The number of carbonyl (C=O) groups is 2. The number of fused-ring (bicyclic) bond motifs is 1. The summed E-state index contributed by atoms with van der Waals surface area (Å²) in [7, 11) is 0. The summed E-state index contributed by atoms with van der Waals surface area (Å²) in [6.07, 6.45) is 7.45. The highest BCUT2D eigenvalue weighted by Crippen LogP contribution is 2.43. The average Bonchev–Trinajstić information content (AvgIpc) is 3.26. The molecule has 1 N–H and O–H groups in total. The molecule has 2 aliphatic heterocycles. The lowest BCUT2D eigenvalue weighted by atomic mass is 9.88. The summed E-state index contributed by atoms with van der Waals surface area (Å²) >= 11 is 0. The molecule has 0 radical (unpaired) electrons. The number of rotatable bonds is 6. The predicted molar refractivity (Wildman–Crippen MR) is 140 cm³/mol. The minimum absolute atomic E-state index is 0. The van der Waals surface area contributed by atoms with Crippen LogP contribution in [0, 0.1) is 0 Å². The molecule has 0 bridgehead atoms. The van der Waals surface area contributed by atoms with Crippen molar-refractivity contribution >= 4 is 30.1 Å². The molecule has 4 rings (SSSR count). The van der Waals surface area contributed by atoms with Crippen molar-refractivity contribution in [2.75, 3.05) is 24.5 Å². The van der Waals surface area contributed by atoms with Crippen molar-refractivity contribution in [1.82, 2.24) is 19.6 Å². The van der Waals surface area contributed by atoms with Crippen LogP contribution in [0.4, 0.5) is 10.5 Å². The van der Waals surface area contributed by atoms with Crippen LogP contribution in [0.1, 0.15) is 65.0 Å². The second-order valence-electron chi connectivity index (χ2n) is 9.94. The molecule has 2 unspecified atom stereocenters. The molecule has 1 saturated heterocycles. The van der Waals surface area contributed by atoms with Gasteiger partial charge in [0.05, 0.1) is 18.8 Å². The van der Waals surface area contributed by atoms with Gasteiger partial charge in [0.25, 0.3) is 0 Å². The fraction of sp³-hybridized carbons (Fsp3) is 0.577. The van der Waals surface area contributed by atoms with Gasteiger partial charge in [0.2, 0.25) is 5.91 Å². The molecule has 2 atom stereocenters. The summed E-state index contributed by atoms with van der Waals surface area (Å²) < 4.78 is 1.99. The predicted octanol–water partition coefficient (Wildman–Crippen LogP) is 5.03. The fourth-order valence-electron chi connectivity index (χ4n) is 5.53. The van der Waals surface area contributed by atoms with Crippen molar-refractivity contribution in [1.29, 1.82) is 0 Å². The highest BCUT2D eigenvalue weighted by atomic mass is 35.5. The Bertz CT molecular complexity index is 1030. The average molecular weight is 504 g/mol. The number of halogens is 1. The molecule has 0 aliphatic carbocycles. The van der Waals surface area contributed by atoms with Crippen molar-refractivity contribution in [3.05, 3.63) is 36.2 Å². The maximum absolute atomic E-state index is 12.5. The Hall–Kier alpha value is -2.58. The number of carbonyl (C=O) groups excluding carboxylic acids is 1. The molecule has 9 heteroatoms. The smallest absolute Gasteiger partial charge is 0.408 e. The van der Waals surface area contributed by atoms with Crippen LogP contribution >= 0.6 is 12.4 Å². The lowest BCUT2D eigenvalue weighted by molar-refractivity contribution is -0.117. The lowest BCUT2D eigenvalue weighted by Crippen LogP contribution is -2.48. The van der Waals surface area contributed by atoms with E-state index in [-0.39, 0.29) is 36.4 Å². The minimum atomic E-state index is -0.939. The van der Waals surface area contributed by atoms with Crippen LogP contribution in [-0.4, -0.2) is 68.4 Å². The standard InChI is InChI=1S/C26H37N5O3.ClH/c1-18(2)30(26(33)34)25-14-19(3)31(20(4)32)24-9-8-21(15-23(24)25)22-16-27-29(17-22)13-12-28-10-6-5-7-11-28;/h8-9,15-19,25H,5-7,10-14H2,1-4H3,(H,33,34);1H. The number of nitrogens with zero attached hydrogens (tertiary/aromatic N) is 5. The first-order valence-corrected chi connectivity index (χ1v) is 12.5. The van der Waals surface area contributed by atoms with Crippen molar-refractivity contribution in [3.8, 4) is 11.1 Å². The van der Waals surface area contributed by atoms with E-state index in [1.54, 1.807) is 11.8 Å². The van der Waals surface area contributed by atoms with Gasteiger partial charge in [-0.1, -0.05) is 12.5 Å². The summed E-state index contributed by atoms with van der Waals surface area (Å²) in [5.41, 5.74) is 3.66. The quantitative estimate of drug-likeness (QED) is 0.597. The molecular weight excluding hydrogens is 466 g/mol. The van der Waals surface area contributed by atoms with Crippen molar-refractivity contribution in [2.45, 2.75) is 78.0 Å². The molecule has 2 amide bonds. The maximum Gasteiger partial charge on any atom is 0.408 e. The van der Waals surface area contributed by atoms with Crippen LogP contribution in [0.15, 0.2) is 30.6 Å². The zero-order valence-electron chi connectivity index (χ0n) is 21.2. The normalized spacial score (nSPS) is 20.3. The number of aromatic nitrogens is 2. The molecular formula is C26H38ClN5O3. The van der Waals surface area contributed by atoms with E-state index in [1.165, 1.54) is 37.3 Å². The molecule has 3 heterocycles. The number of likely N-dealkylation sites (tertiary alicyclic amines) is 1.